The second-order valence-corrected chi connectivity index (χ2v) is 8.21. The van der Waals surface area contributed by atoms with Crippen molar-refractivity contribution in [2.45, 2.75) is 0 Å². The maximum atomic E-state index is 13.2. The van der Waals surface area contributed by atoms with Crippen molar-refractivity contribution in [1.82, 2.24) is 5.32 Å². The summed E-state index contributed by atoms with van der Waals surface area (Å²) in [5.74, 6) is -1.63. The van der Waals surface area contributed by atoms with Gasteiger partial charge in [-0.2, -0.15) is 0 Å². The number of para-hydroxylation sites is 1. The van der Waals surface area contributed by atoms with Gasteiger partial charge in [-0.15, -0.1) is 0 Å². The molecule has 194 valence electrons. The van der Waals surface area contributed by atoms with Crippen molar-refractivity contribution >= 4 is 47.2 Å². The summed E-state index contributed by atoms with van der Waals surface area (Å²) in [7, 11) is 4.27. The van der Waals surface area contributed by atoms with E-state index in [1.165, 1.54) is 69.9 Å². The van der Waals surface area contributed by atoms with E-state index in [2.05, 4.69) is 5.32 Å². The quantitative estimate of drug-likeness (QED) is 0.206. The van der Waals surface area contributed by atoms with Crippen molar-refractivity contribution in [3.05, 3.63) is 82.4 Å². The van der Waals surface area contributed by atoms with Crippen molar-refractivity contribution in [2.24, 2.45) is 0 Å². The number of amides is 4. The third kappa shape index (κ3) is 5.16. The Bertz CT molecular complexity index is 1440. The minimum atomic E-state index is -0.901. The number of carbonyl (C=O) groups excluding carboxylic acids is 4. The SMILES string of the molecule is COc1cc(C(=O)Oc2ccccc2/C=C2/C(=O)NC(=O)N(c3ccc(Cl)cc3)C2=O)cc(OC)c1OC. The molecule has 1 heterocycles. The van der Waals surface area contributed by atoms with Crippen LogP contribution in [0.3, 0.4) is 0 Å². The fraction of sp³-hybridized carbons (Fsp3) is 0.111. The van der Waals surface area contributed by atoms with Gasteiger partial charge in [-0.25, -0.2) is 14.5 Å². The van der Waals surface area contributed by atoms with Crippen molar-refractivity contribution in [3.63, 3.8) is 0 Å². The lowest BCUT2D eigenvalue weighted by atomic mass is 10.1. The van der Waals surface area contributed by atoms with Crippen LogP contribution in [-0.4, -0.2) is 45.1 Å². The first-order valence-corrected chi connectivity index (χ1v) is 11.4. The molecule has 3 aromatic carbocycles. The Labute approximate surface area is 222 Å². The van der Waals surface area contributed by atoms with E-state index in [0.29, 0.717) is 10.8 Å². The third-order valence-corrected chi connectivity index (χ3v) is 5.76. The summed E-state index contributed by atoms with van der Waals surface area (Å²) in [6.45, 7) is 0. The van der Waals surface area contributed by atoms with E-state index in [0.717, 1.165) is 4.90 Å². The molecule has 3 aromatic rings. The van der Waals surface area contributed by atoms with Crippen LogP contribution in [0.15, 0.2) is 66.2 Å². The van der Waals surface area contributed by atoms with E-state index in [9.17, 15) is 19.2 Å². The molecule has 0 spiro atoms. The van der Waals surface area contributed by atoms with Crippen LogP contribution >= 0.6 is 11.6 Å². The number of barbiturate groups is 1. The van der Waals surface area contributed by atoms with Crippen LogP contribution < -0.4 is 29.2 Å². The number of methoxy groups -OCH3 is 3. The number of ether oxygens (including phenoxy) is 4. The maximum Gasteiger partial charge on any atom is 0.343 e. The van der Waals surface area contributed by atoms with E-state index in [4.69, 9.17) is 30.5 Å². The molecule has 4 rings (SSSR count). The van der Waals surface area contributed by atoms with E-state index >= 15 is 0 Å². The lowest BCUT2D eigenvalue weighted by molar-refractivity contribution is -0.122. The topological polar surface area (TPSA) is 120 Å². The zero-order valence-electron chi connectivity index (χ0n) is 20.4. The van der Waals surface area contributed by atoms with Crippen LogP contribution in [-0.2, 0) is 9.59 Å². The maximum absolute atomic E-state index is 13.2. The number of hydrogen-bond donors (Lipinski definition) is 1. The summed E-state index contributed by atoms with van der Waals surface area (Å²) in [6.07, 6.45) is 1.24. The molecule has 0 saturated carbocycles. The number of nitrogens with one attached hydrogen (secondary N) is 1. The Kier molecular flexibility index (Phi) is 7.63. The van der Waals surface area contributed by atoms with E-state index in [1.54, 1.807) is 18.2 Å². The second kappa shape index (κ2) is 11.1. The van der Waals surface area contributed by atoms with E-state index < -0.39 is 23.8 Å². The minimum Gasteiger partial charge on any atom is -0.493 e. The summed E-state index contributed by atoms with van der Waals surface area (Å²) in [5, 5.41) is 2.55. The van der Waals surface area contributed by atoms with Crippen molar-refractivity contribution < 1.29 is 38.1 Å². The van der Waals surface area contributed by atoms with Gasteiger partial charge >= 0.3 is 12.0 Å². The second-order valence-electron chi connectivity index (χ2n) is 7.78. The average molecular weight is 537 g/mol. The van der Waals surface area contributed by atoms with Gasteiger partial charge in [0.05, 0.1) is 32.6 Å². The lowest BCUT2D eigenvalue weighted by Gasteiger charge is -2.26. The molecule has 0 radical (unpaired) electrons. The predicted molar refractivity (Wildman–Crippen MR) is 138 cm³/mol. The van der Waals surface area contributed by atoms with Crippen LogP contribution in [0.5, 0.6) is 23.0 Å². The van der Waals surface area contributed by atoms with Gasteiger partial charge in [-0.1, -0.05) is 29.8 Å². The van der Waals surface area contributed by atoms with Crippen molar-refractivity contribution in [3.8, 4) is 23.0 Å². The zero-order chi connectivity index (χ0) is 27.4. The van der Waals surface area contributed by atoms with Crippen molar-refractivity contribution in [2.75, 3.05) is 26.2 Å². The van der Waals surface area contributed by atoms with Crippen LogP contribution in [0.4, 0.5) is 10.5 Å². The fourth-order valence-corrected chi connectivity index (χ4v) is 3.81. The standard InChI is InChI=1S/C27H21ClN2O8/c1-35-21-13-16(14-22(36-2)23(21)37-3)26(33)38-20-7-5-4-6-15(20)12-19-24(31)29-27(34)30(25(19)32)18-10-8-17(28)9-11-18/h4-14H,1-3H3,(H,29,31,34)/b19-12-. The number of benzene rings is 3. The number of esters is 1. The lowest BCUT2D eigenvalue weighted by Crippen LogP contribution is -2.54. The molecule has 38 heavy (non-hydrogen) atoms. The average Bonchev–Trinajstić information content (AvgIpc) is 2.91. The van der Waals surface area contributed by atoms with Gasteiger partial charge in [-0.3, -0.25) is 14.9 Å². The number of imide groups is 2. The Morgan fingerprint density at radius 1 is 0.868 bits per heavy atom. The number of carbonyl (C=O) groups is 4. The van der Waals surface area contributed by atoms with Gasteiger partial charge in [0.15, 0.2) is 11.5 Å². The summed E-state index contributed by atoms with van der Waals surface area (Å²) in [5.41, 5.74) is 0.235. The Morgan fingerprint density at radius 2 is 1.50 bits per heavy atom. The highest BCUT2D eigenvalue weighted by atomic mass is 35.5. The number of halogens is 1. The van der Waals surface area contributed by atoms with Crippen LogP contribution in [0, 0.1) is 0 Å². The molecule has 4 amide bonds. The first kappa shape index (κ1) is 26.2. The Balaban J connectivity index is 1.67. The van der Waals surface area contributed by atoms with Gasteiger partial charge < -0.3 is 18.9 Å². The van der Waals surface area contributed by atoms with Crippen LogP contribution in [0.25, 0.3) is 6.08 Å². The molecule has 1 aliphatic heterocycles. The Morgan fingerprint density at radius 3 is 2.11 bits per heavy atom. The summed E-state index contributed by atoms with van der Waals surface area (Å²) < 4.78 is 21.4. The first-order valence-electron chi connectivity index (χ1n) is 11.1. The highest BCUT2D eigenvalue weighted by molar-refractivity contribution is 6.39. The molecule has 0 unspecified atom stereocenters. The van der Waals surface area contributed by atoms with Gasteiger partial charge in [0.1, 0.15) is 11.3 Å². The normalized spacial score (nSPS) is 14.3. The van der Waals surface area contributed by atoms with Crippen LogP contribution in [0.2, 0.25) is 5.02 Å². The largest absolute Gasteiger partial charge is 0.493 e. The molecule has 11 heteroatoms. The van der Waals surface area contributed by atoms with Gasteiger partial charge in [0, 0.05) is 10.6 Å². The van der Waals surface area contributed by atoms with Crippen molar-refractivity contribution in [1.29, 1.82) is 0 Å². The molecule has 0 atom stereocenters. The number of rotatable bonds is 7. The molecule has 10 nitrogen and oxygen atoms in total. The Hall–Kier alpha value is -4.83. The highest BCUT2D eigenvalue weighted by Gasteiger charge is 2.37. The number of anilines is 1. The minimum absolute atomic E-state index is 0.0642. The first-order chi connectivity index (χ1) is 18.3. The highest BCUT2D eigenvalue weighted by Crippen LogP contribution is 2.38. The molecule has 0 bridgehead atoms. The fourth-order valence-electron chi connectivity index (χ4n) is 3.69. The molecule has 0 aliphatic carbocycles. The predicted octanol–water partition coefficient (Wildman–Crippen LogP) is 4.25. The van der Waals surface area contributed by atoms with Gasteiger partial charge in [0.25, 0.3) is 11.8 Å². The molecule has 1 N–H and O–H groups in total. The third-order valence-electron chi connectivity index (χ3n) is 5.51. The molecular formula is C27H21ClN2O8. The zero-order valence-corrected chi connectivity index (χ0v) is 21.2. The number of urea groups is 1. The monoisotopic (exact) mass is 536 g/mol. The van der Waals surface area contributed by atoms with E-state index in [1.807, 2.05) is 0 Å². The smallest absolute Gasteiger partial charge is 0.343 e. The van der Waals surface area contributed by atoms with Crippen LogP contribution in [0.1, 0.15) is 15.9 Å². The molecular weight excluding hydrogens is 516 g/mol. The number of nitrogens with zero attached hydrogens (tertiary/aromatic N) is 1. The summed E-state index contributed by atoms with van der Waals surface area (Å²) >= 11 is 5.90. The molecule has 1 aliphatic rings. The molecule has 0 aromatic heterocycles. The summed E-state index contributed by atoms with van der Waals surface area (Å²) in [4.78, 5) is 52.1. The molecule has 1 fully saturated rings. The number of hydrogen-bond acceptors (Lipinski definition) is 8. The molecule has 1 saturated heterocycles. The summed E-state index contributed by atoms with van der Waals surface area (Å²) in [6, 6.07) is 14.2. The van der Waals surface area contributed by atoms with Gasteiger partial charge in [0.2, 0.25) is 5.75 Å². The van der Waals surface area contributed by atoms with Gasteiger partial charge in [-0.05, 0) is 48.5 Å². The van der Waals surface area contributed by atoms with E-state index in [-0.39, 0.29) is 39.6 Å².